The lowest BCUT2D eigenvalue weighted by molar-refractivity contribution is -0.137. The van der Waals surface area contributed by atoms with Crippen LogP contribution < -0.4 is 5.73 Å². The van der Waals surface area contributed by atoms with Crippen LogP contribution in [0.2, 0.25) is 0 Å². The van der Waals surface area contributed by atoms with Gasteiger partial charge in [0, 0.05) is 51.3 Å². The molecular weight excluding hydrogens is 266 g/mol. The van der Waals surface area contributed by atoms with Gasteiger partial charge in [-0.15, -0.1) is 0 Å². The van der Waals surface area contributed by atoms with Crippen molar-refractivity contribution in [1.82, 2.24) is 9.80 Å². The summed E-state index contributed by atoms with van der Waals surface area (Å²) < 4.78 is 5.56. The zero-order valence-corrected chi connectivity index (χ0v) is 13.8. The predicted octanol–water partition coefficient (Wildman–Crippen LogP) is 1.07. The van der Waals surface area contributed by atoms with Gasteiger partial charge < -0.3 is 15.4 Å². The van der Waals surface area contributed by atoms with E-state index in [0.29, 0.717) is 30.9 Å². The molecule has 2 N–H and O–H groups in total. The summed E-state index contributed by atoms with van der Waals surface area (Å²) in [6.07, 6.45) is 3.21. The van der Waals surface area contributed by atoms with Gasteiger partial charge in [-0.05, 0) is 39.5 Å². The number of nitrogens with two attached hydrogens (primary N) is 1. The van der Waals surface area contributed by atoms with E-state index in [9.17, 15) is 4.79 Å². The minimum absolute atomic E-state index is 0.0355. The van der Waals surface area contributed by atoms with Crippen LogP contribution in [0.1, 0.15) is 40.0 Å². The maximum atomic E-state index is 12.3. The van der Waals surface area contributed by atoms with Crippen LogP contribution in [0.4, 0.5) is 0 Å². The van der Waals surface area contributed by atoms with Crippen molar-refractivity contribution in [3.63, 3.8) is 0 Å². The summed E-state index contributed by atoms with van der Waals surface area (Å²) in [4.78, 5) is 16.8. The summed E-state index contributed by atoms with van der Waals surface area (Å²) in [6.45, 7) is 11.4. The highest BCUT2D eigenvalue weighted by Crippen LogP contribution is 2.33. The minimum Gasteiger partial charge on any atom is -0.378 e. The standard InChI is InChI=1S/C16H31N3O2/c1-4-21-14-9-13(10-14)11-15(20)18-5-7-19(8-6-18)16(2,3)12-17/h13-14H,4-12,17H2,1-3H3. The van der Waals surface area contributed by atoms with E-state index in [0.717, 1.165) is 45.6 Å². The second-order valence-electron chi connectivity index (χ2n) is 7.00. The Bertz CT molecular complexity index is 345. The summed E-state index contributed by atoms with van der Waals surface area (Å²) >= 11 is 0. The Morgan fingerprint density at radius 1 is 1.24 bits per heavy atom. The minimum atomic E-state index is 0.0355. The lowest BCUT2D eigenvalue weighted by Gasteiger charge is -2.44. The molecule has 1 aliphatic carbocycles. The molecule has 0 aromatic rings. The maximum absolute atomic E-state index is 12.3. The fraction of sp³-hybridized carbons (Fsp3) is 0.938. The van der Waals surface area contributed by atoms with Crippen LogP contribution >= 0.6 is 0 Å². The van der Waals surface area contributed by atoms with Gasteiger partial charge in [0.25, 0.3) is 0 Å². The van der Waals surface area contributed by atoms with Gasteiger partial charge in [-0.25, -0.2) is 0 Å². The normalized spacial score (nSPS) is 27.5. The smallest absolute Gasteiger partial charge is 0.222 e. The Balaban J connectivity index is 1.69. The molecule has 0 bridgehead atoms. The first kappa shape index (κ1) is 16.7. The van der Waals surface area contributed by atoms with Gasteiger partial charge in [0.2, 0.25) is 5.91 Å². The number of ether oxygens (including phenoxy) is 1. The first-order valence-electron chi connectivity index (χ1n) is 8.30. The van der Waals surface area contributed by atoms with Gasteiger partial charge in [0.1, 0.15) is 0 Å². The monoisotopic (exact) mass is 297 g/mol. The van der Waals surface area contributed by atoms with Gasteiger partial charge in [0.15, 0.2) is 0 Å². The highest BCUT2D eigenvalue weighted by atomic mass is 16.5. The van der Waals surface area contributed by atoms with Gasteiger partial charge in [0.05, 0.1) is 6.10 Å². The van der Waals surface area contributed by atoms with Gasteiger partial charge >= 0.3 is 0 Å². The molecule has 5 heteroatoms. The van der Waals surface area contributed by atoms with Crippen LogP contribution in [-0.4, -0.2) is 66.7 Å². The second-order valence-corrected chi connectivity index (χ2v) is 7.00. The number of hydrogen-bond acceptors (Lipinski definition) is 4. The second kappa shape index (κ2) is 7.07. The van der Waals surface area contributed by atoms with E-state index in [1.165, 1.54) is 0 Å². The van der Waals surface area contributed by atoms with Crippen molar-refractivity contribution in [1.29, 1.82) is 0 Å². The summed E-state index contributed by atoms with van der Waals surface area (Å²) in [5, 5.41) is 0. The number of rotatable bonds is 6. The van der Waals surface area contributed by atoms with Crippen LogP contribution in [0.15, 0.2) is 0 Å². The van der Waals surface area contributed by atoms with E-state index in [-0.39, 0.29) is 5.54 Å². The molecule has 0 radical (unpaired) electrons. The first-order chi connectivity index (χ1) is 9.96. The van der Waals surface area contributed by atoms with Crippen molar-refractivity contribution in [2.24, 2.45) is 11.7 Å². The lowest BCUT2D eigenvalue weighted by atomic mass is 9.79. The zero-order valence-electron chi connectivity index (χ0n) is 13.8. The number of nitrogens with zero attached hydrogens (tertiary/aromatic N) is 2. The highest BCUT2D eigenvalue weighted by Gasteiger charge is 2.34. The van der Waals surface area contributed by atoms with Gasteiger partial charge in [-0.2, -0.15) is 0 Å². The molecule has 1 aliphatic heterocycles. The molecule has 0 spiro atoms. The number of carbonyl (C=O) groups excluding carboxylic acids is 1. The predicted molar refractivity (Wildman–Crippen MR) is 84.0 cm³/mol. The van der Waals surface area contributed by atoms with Crippen LogP contribution in [0, 0.1) is 5.92 Å². The molecule has 0 unspecified atom stereocenters. The third-order valence-electron chi connectivity index (χ3n) is 5.05. The Hall–Kier alpha value is -0.650. The number of hydrogen-bond donors (Lipinski definition) is 1. The quantitative estimate of drug-likeness (QED) is 0.797. The molecule has 1 saturated carbocycles. The van der Waals surface area contributed by atoms with Crippen molar-refractivity contribution >= 4 is 5.91 Å². The molecule has 0 aromatic carbocycles. The summed E-state index contributed by atoms with van der Waals surface area (Å²) in [7, 11) is 0. The molecule has 0 aromatic heterocycles. The molecule has 122 valence electrons. The first-order valence-corrected chi connectivity index (χ1v) is 8.30. The summed E-state index contributed by atoms with van der Waals surface area (Å²) in [5.41, 5.74) is 5.86. The van der Waals surface area contributed by atoms with E-state index in [4.69, 9.17) is 10.5 Å². The molecule has 21 heavy (non-hydrogen) atoms. The molecular formula is C16H31N3O2. The molecule has 0 atom stereocenters. The average molecular weight is 297 g/mol. The summed E-state index contributed by atoms with van der Waals surface area (Å²) in [5.74, 6) is 0.854. The zero-order chi connectivity index (χ0) is 15.5. The largest absolute Gasteiger partial charge is 0.378 e. The Kier molecular flexibility index (Phi) is 5.63. The molecule has 2 rings (SSSR count). The molecule has 5 nitrogen and oxygen atoms in total. The van der Waals surface area contributed by atoms with Crippen molar-refractivity contribution < 1.29 is 9.53 Å². The van der Waals surface area contributed by atoms with E-state index in [2.05, 4.69) is 18.7 Å². The van der Waals surface area contributed by atoms with Gasteiger partial charge in [-0.1, -0.05) is 0 Å². The number of amides is 1. The third-order valence-corrected chi connectivity index (χ3v) is 5.05. The Morgan fingerprint density at radius 2 is 1.86 bits per heavy atom. The Labute approximate surface area is 128 Å². The highest BCUT2D eigenvalue weighted by molar-refractivity contribution is 5.76. The Morgan fingerprint density at radius 3 is 2.38 bits per heavy atom. The van der Waals surface area contributed by atoms with Crippen molar-refractivity contribution in [2.75, 3.05) is 39.3 Å². The molecule has 2 aliphatic rings. The molecule has 1 amide bonds. The molecule has 2 fully saturated rings. The topological polar surface area (TPSA) is 58.8 Å². The summed E-state index contributed by atoms with van der Waals surface area (Å²) in [6, 6.07) is 0. The molecule has 1 saturated heterocycles. The van der Waals surface area contributed by atoms with E-state index >= 15 is 0 Å². The number of carbonyl (C=O) groups is 1. The van der Waals surface area contributed by atoms with E-state index < -0.39 is 0 Å². The fourth-order valence-electron chi connectivity index (χ4n) is 3.28. The van der Waals surface area contributed by atoms with E-state index in [1.54, 1.807) is 0 Å². The van der Waals surface area contributed by atoms with Crippen LogP contribution in [0.5, 0.6) is 0 Å². The van der Waals surface area contributed by atoms with Crippen molar-refractivity contribution in [3.05, 3.63) is 0 Å². The van der Waals surface area contributed by atoms with E-state index in [1.807, 2.05) is 11.8 Å². The fourth-order valence-corrected chi connectivity index (χ4v) is 3.28. The maximum Gasteiger partial charge on any atom is 0.222 e. The van der Waals surface area contributed by atoms with Crippen LogP contribution in [0.3, 0.4) is 0 Å². The average Bonchev–Trinajstić information content (AvgIpc) is 2.45. The van der Waals surface area contributed by atoms with Crippen LogP contribution in [-0.2, 0) is 9.53 Å². The van der Waals surface area contributed by atoms with Gasteiger partial charge in [-0.3, -0.25) is 9.69 Å². The van der Waals surface area contributed by atoms with Crippen molar-refractivity contribution in [3.8, 4) is 0 Å². The lowest BCUT2D eigenvalue weighted by Crippen LogP contribution is -2.58. The molecule has 1 heterocycles. The van der Waals surface area contributed by atoms with Crippen molar-refractivity contribution in [2.45, 2.75) is 51.7 Å². The number of piperazine rings is 1. The third kappa shape index (κ3) is 4.18. The SMILES string of the molecule is CCOC1CC(CC(=O)N2CCN(C(C)(C)CN)CC2)C1. The van der Waals surface area contributed by atoms with Crippen LogP contribution in [0.25, 0.3) is 0 Å².